The maximum absolute atomic E-state index is 12.3. The van der Waals surface area contributed by atoms with Gasteiger partial charge in [0.05, 0.1) is 12.2 Å². The molecule has 0 amide bonds. The van der Waals surface area contributed by atoms with Crippen LogP contribution in [0.1, 0.15) is 35.1 Å². The van der Waals surface area contributed by atoms with Gasteiger partial charge in [0.15, 0.2) is 0 Å². The topological polar surface area (TPSA) is 96.6 Å². The number of carboxylic acids is 1. The zero-order valence-electron chi connectivity index (χ0n) is 11.8. The average Bonchev–Trinajstić information content (AvgIpc) is 3.04. The number of aryl methyl sites for hydroxylation is 1. The third-order valence-corrected chi connectivity index (χ3v) is 5.12. The monoisotopic (exact) mass is 321 g/mol. The molecule has 3 rings (SSSR count). The van der Waals surface area contributed by atoms with Gasteiger partial charge in [-0.3, -0.25) is 4.79 Å². The second kappa shape index (κ2) is 5.26. The van der Waals surface area contributed by atoms with Crippen molar-refractivity contribution in [3.63, 3.8) is 0 Å². The lowest BCUT2D eigenvalue weighted by Gasteiger charge is -2.13. The molecule has 0 fully saturated rings. The van der Waals surface area contributed by atoms with Crippen molar-refractivity contribution in [2.45, 2.75) is 30.4 Å². The highest BCUT2D eigenvalue weighted by Gasteiger charge is 2.37. The van der Waals surface area contributed by atoms with E-state index < -0.39 is 28.0 Å². The van der Waals surface area contributed by atoms with E-state index in [-0.39, 0.29) is 11.5 Å². The maximum atomic E-state index is 12.3. The van der Waals surface area contributed by atoms with Crippen LogP contribution < -0.4 is 4.72 Å². The Balaban J connectivity index is 1.92. The normalized spacial score (nSPS) is 20.8. The molecule has 7 heteroatoms. The van der Waals surface area contributed by atoms with Crippen LogP contribution in [0.2, 0.25) is 0 Å². The SMILES string of the molecule is Cc1coc(S(=O)(=O)N[C@@H]2C[C@H](C(=O)O)c3ccccc32)c1. The first-order valence-electron chi connectivity index (χ1n) is 6.77. The molecule has 6 nitrogen and oxygen atoms in total. The molecular weight excluding hydrogens is 306 g/mol. The molecule has 1 heterocycles. The molecule has 0 aliphatic heterocycles. The molecule has 0 saturated heterocycles. The predicted molar refractivity (Wildman–Crippen MR) is 77.9 cm³/mol. The molecule has 0 unspecified atom stereocenters. The molecule has 2 atom stereocenters. The second-order valence-corrected chi connectivity index (χ2v) is 7.02. The van der Waals surface area contributed by atoms with Gasteiger partial charge in [-0.15, -0.1) is 0 Å². The number of carbonyl (C=O) groups is 1. The fraction of sp³-hybridized carbons (Fsp3) is 0.267. The molecular formula is C15H15NO5S. The summed E-state index contributed by atoms with van der Waals surface area (Å²) in [5.74, 6) is -1.66. The minimum atomic E-state index is -3.82. The Hall–Kier alpha value is -2.12. The van der Waals surface area contributed by atoms with Gasteiger partial charge in [-0.1, -0.05) is 24.3 Å². The smallest absolute Gasteiger partial charge is 0.311 e. The molecule has 0 radical (unpaired) electrons. The highest BCUT2D eigenvalue weighted by Crippen LogP contribution is 2.41. The van der Waals surface area contributed by atoms with Crippen molar-refractivity contribution in [3.05, 3.63) is 53.3 Å². The number of aliphatic carboxylic acids is 1. The molecule has 0 spiro atoms. The molecule has 1 aromatic carbocycles. The molecule has 22 heavy (non-hydrogen) atoms. The van der Waals surface area contributed by atoms with Crippen LogP contribution in [-0.2, 0) is 14.8 Å². The van der Waals surface area contributed by atoms with Crippen LogP contribution in [0.15, 0.2) is 46.1 Å². The summed E-state index contributed by atoms with van der Waals surface area (Å²) in [6.45, 7) is 1.73. The first-order chi connectivity index (χ1) is 10.4. The molecule has 116 valence electrons. The fourth-order valence-electron chi connectivity index (χ4n) is 2.77. The van der Waals surface area contributed by atoms with Crippen molar-refractivity contribution >= 4 is 16.0 Å². The van der Waals surface area contributed by atoms with E-state index >= 15 is 0 Å². The Morgan fingerprint density at radius 1 is 1.32 bits per heavy atom. The summed E-state index contributed by atoms with van der Waals surface area (Å²) in [7, 11) is -3.82. The molecule has 2 aromatic rings. The average molecular weight is 321 g/mol. The van der Waals surface area contributed by atoms with Gasteiger partial charge in [0.2, 0.25) is 5.09 Å². The van der Waals surface area contributed by atoms with Gasteiger partial charge >= 0.3 is 5.97 Å². The standard InChI is InChI=1S/C15H15NO5S/c1-9-6-14(21-8-9)22(19,20)16-13-7-12(15(17)18)10-4-2-3-5-11(10)13/h2-6,8,12-13,16H,7H2,1H3,(H,17,18)/t12-,13+/m0/s1. The third kappa shape index (κ3) is 2.53. The summed E-state index contributed by atoms with van der Waals surface area (Å²) >= 11 is 0. The quantitative estimate of drug-likeness (QED) is 0.899. The van der Waals surface area contributed by atoms with Crippen molar-refractivity contribution in [1.82, 2.24) is 4.72 Å². The van der Waals surface area contributed by atoms with Crippen molar-refractivity contribution < 1.29 is 22.7 Å². The predicted octanol–water partition coefficient (Wildman–Crippen LogP) is 2.18. The van der Waals surface area contributed by atoms with Crippen LogP contribution in [0.4, 0.5) is 0 Å². The lowest BCUT2D eigenvalue weighted by molar-refractivity contribution is -0.138. The number of nitrogens with one attached hydrogen (secondary N) is 1. The summed E-state index contributed by atoms with van der Waals surface area (Å²) in [6.07, 6.45) is 1.55. The molecule has 1 aliphatic carbocycles. The molecule has 1 aliphatic rings. The van der Waals surface area contributed by atoms with E-state index in [0.29, 0.717) is 16.7 Å². The summed E-state index contributed by atoms with van der Waals surface area (Å²) in [5.41, 5.74) is 2.05. The Kier molecular flexibility index (Phi) is 3.54. The summed E-state index contributed by atoms with van der Waals surface area (Å²) in [6, 6.07) is 7.84. The lowest BCUT2D eigenvalue weighted by Crippen LogP contribution is -2.27. The van der Waals surface area contributed by atoms with Crippen LogP contribution in [0.25, 0.3) is 0 Å². The van der Waals surface area contributed by atoms with Crippen molar-refractivity contribution in [1.29, 1.82) is 0 Å². The Labute approximate surface area is 127 Å². The minimum Gasteiger partial charge on any atom is -0.481 e. The highest BCUT2D eigenvalue weighted by atomic mass is 32.2. The fourth-order valence-corrected chi connectivity index (χ4v) is 4.00. The van der Waals surface area contributed by atoms with Gasteiger partial charge in [-0.05, 0) is 30.0 Å². The summed E-state index contributed by atoms with van der Waals surface area (Å²) in [5, 5.41) is 9.14. The minimum absolute atomic E-state index is 0.166. The highest BCUT2D eigenvalue weighted by molar-refractivity contribution is 7.89. The van der Waals surface area contributed by atoms with Gasteiger partial charge < -0.3 is 9.52 Å². The third-order valence-electron chi connectivity index (χ3n) is 3.79. The van der Waals surface area contributed by atoms with Gasteiger partial charge in [0, 0.05) is 12.1 Å². The van der Waals surface area contributed by atoms with Crippen LogP contribution >= 0.6 is 0 Å². The van der Waals surface area contributed by atoms with Gasteiger partial charge in [0.25, 0.3) is 10.0 Å². The number of benzene rings is 1. The van der Waals surface area contributed by atoms with E-state index in [1.807, 2.05) is 0 Å². The molecule has 0 saturated carbocycles. The molecule has 1 aromatic heterocycles. The lowest BCUT2D eigenvalue weighted by atomic mass is 10.0. The maximum Gasteiger partial charge on any atom is 0.311 e. The Morgan fingerprint density at radius 2 is 2.00 bits per heavy atom. The number of carboxylic acid groups (broad SMARTS) is 1. The van der Waals surface area contributed by atoms with Crippen LogP contribution in [-0.4, -0.2) is 19.5 Å². The van der Waals surface area contributed by atoms with Crippen molar-refractivity contribution in [2.24, 2.45) is 0 Å². The molecule has 0 bridgehead atoms. The van der Waals surface area contributed by atoms with E-state index in [2.05, 4.69) is 4.72 Å². The van der Waals surface area contributed by atoms with Crippen LogP contribution in [0.3, 0.4) is 0 Å². The second-order valence-electron chi connectivity index (χ2n) is 5.37. The van der Waals surface area contributed by atoms with Crippen molar-refractivity contribution in [2.75, 3.05) is 0 Å². The number of rotatable bonds is 4. The molecule has 2 N–H and O–H groups in total. The summed E-state index contributed by atoms with van der Waals surface area (Å²) in [4.78, 5) is 11.4. The Bertz CT molecular complexity index is 824. The van der Waals surface area contributed by atoms with E-state index in [9.17, 15) is 18.3 Å². The first-order valence-corrected chi connectivity index (χ1v) is 8.26. The number of furan rings is 1. The first kappa shape index (κ1) is 14.8. The van der Waals surface area contributed by atoms with Crippen LogP contribution in [0, 0.1) is 6.92 Å². The van der Waals surface area contributed by atoms with Crippen LogP contribution in [0.5, 0.6) is 0 Å². The van der Waals surface area contributed by atoms with Gasteiger partial charge in [-0.25, -0.2) is 13.1 Å². The number of fused-ring (bicyclic) bond motifs is 1. The summed E-state index contributed by atoms with van der Waals surface area (Å²) < 4.78 is 32.2. The van der Waals surface area contributed by atoms with E-state index in [4.69, 9.17) is 4.42 Å². The van der Waals surface area contributed by atoms with Gasteiger partial charge in [-0.2, -0.15) is 0 Å². The zero-order chi connectivity index (χ0) is 15.9. The number of hydrogen-bond acceptors (Lipinski definition) is 4. The van der Waals surface area contributed by atoms with Crippen molar-refractivity contribution in [3.8, 4) is 0 Å². The van der Waals surface area contributed by atoms with E-state index in [1.54, 1.807) is 31.2 Å². The van der Waals surface area contributed by atoms with E-state index in [0.717, 1.165) is 0 Å². The van der Waals surface area contributed by atoms with Gasteiger partial charge in [0.1, 0.15) is 0 Å². The van der Waals surface area contributed by atoms with E-state index in [1.165, 1.54) is 12.3 Å². The zero-order valence-corrected chi connectivity index (χ0v) is 12.6. The number of hydrogen-bond donors (Lipinski definition) is 2. The largest absolute Gasteiger partial charge is 0.481 e. The number of sulfonamides is 1. The Morgan fingerprint density at radius 3 is 2.59 bits per heavy atom.